The average molecular weight is 1070 g/mol. The summed E-state index contributed by atoms with van der Waals surface area (Å²) in [6.45, 7) is 3.93. The molecule has 1 rings (SSSR count). The van der Waals surface area contributed by atoms with Gasteiger partial charge >= 0.3 is 16.4 Å². The standard InChI is InChI=1S/C61H112O12S/c1-3-5-7-9-11-13-15-17-19-21-23-25-27-29-31-33-35-37-39-41-43-45-47-49-51-69-53-55(54-70-61-59(65)60(73-74(66,67)68)58(64)56(52-62)72-61)71-57(63)50-48-46-44-42-40-38-36-34-32-30-28-26-24-22-20-18-16-14-12-10-8-6-4-2/h6,8,12,14,18,20,24,26,55-56,58-62,64-65H,3-5,7,9-11,13,15-17,19,21-23,25,27-54H2,1-2H3,(H,66,67,68)/b8-6-,14-12-,20-18-,26-24-. The molecule has 0 spiro atoms. The van der Waals surface area contributed by atoms with Crippen molar-refractivity contribution in [1.29, 1.82) is 0 Å². The van der Waals surface area contributed by atoms with Gasteiger partial charge in [0.05, 0.1) is 19.8 Å². The lowest BCUT2D eigenvalue weighted by Gasteiger charge is -2.41. The minimum absolute atomic E-state index is 0.0371. The van der Waals surface area contributed by atoms with Crippen LogP contribution in [-0.4, -0.2) is 97.5 Å². The summed E-state index contributed by atoms with van der Waals surface area (Å²) in [7, 11) is -5.07. The van der Waals surface area contributed by atoms with E-state index in [1.807, 2.05) is 0 Å². The third-order valence-electron chi connectivity index (χ3n) is 14.0. The zero-order chi connectivity index (χ0) is 53.8. The Morgan fingerprint density at radius 1 is 0.527 bits per heavy atom. The number of carbonyl (C=O) groups is 1. The van der Waals surface area contributed by atoms with Crippen molar-refractivity contribution >= 4 is 16.4 Å². The fourth-order valence-electron chi connectivity index (χ4n) is 9.43. The molecule has 13 heteroatoms. The van der Waals surface area contributed by atoms with E-state index in [1.54, 1.807) is 0 Å². The monoisotopic (exact) mass is 1070 g/mol. The number of hydrogen-bond acceptors (Lipinski definition) is 11. The Bertz CT molecular complexity index is 1470. The number of allylic oxidation sites excluding steroid dienone is 8. The number of ether oxygens (including phenoxy) is 4. The van der Waals surface area contributed by atoms with E-state index in [2.05, 4.69) is 66.6 Å². The maximum absolute atomic E-state index is 13.0. The maximum Gasteiger partial charge on any atom is 0.397 e. The molecule has 1 heterocycles. The Hall–Kier alpha value is -1.94. The Kier molecular flexibility index (Phi) is 49.0. The van der Waals surface area contributed by atoms with E-state index in [4.69, 9.17) is 18.9 Å². The highest BCUT2D eigenvalue weighted by molar-refractivity contribution is 7.80. The molecule has 0 bridgehead atoms. The number of hydrogen-bond donors (Lipinski definition) is 4. The Morgan fingerprint density at radius 3 is 1.36 bits per heavy atom. The van der Waals surface area contributed by atoms with Crippen molar-refractivity contribution in [3.8, 4) is 0 Å². The SMILES string of the molecule is CC/C=C\C/C=C\C/C=C\C/C=C\CCCCCCCCCCCCC(=O)OC(COCCCCCCCCCCCCCCCCCCCCCCCCCC)COC1OC(CO)C(O)C(OS(=O)(=O)O)C1O. The summed E-state index contributed by atoms with van der Waals surface area (Å²) in [6, 6.07) is 0. The Morgan fingerprint density at radius 2 is 0.932 bits per heavy atom. The smallest absolute Gasteiger partial charge is 0.397 e. The van der Waals surface area contributed by atoms with Gasteiger partial charge in [0, 0.05) is 13.0 Å². The molecule has 0 saturated carbocycles. The van der Waals surface area contributed by atoms with Crippen LogP contribution in [-0.2, 0) is 38.3 Å². The van der Waals surface area contributed by atoms with Gasteiger partial charge in [0.1, 0.15) is 30.5 Å². The van der Waals surface area contributed by atoms with Gasteiger partial charge in [-0.1, -0.05) is 262 Å². The molecule has 0 radical (unpaired) electrons. The lowest BCUT2D eigenvalue weighted by molar-refractivity contribution is -0.301. The van der Waals surface area contributed by atoms with Crippen molar-refractivity contribution in [2.75, 3.05) is 26.4 Å². The molecule has 0 amide bonds. The molecule has 1 saturated heterocycles. The third-order valence-corrected chi connectivity index (χ3v) is 14.4. The second-order valence-electron chi connectivity index (χ2n) is 20.9. The van der Waals surface area contributed by atoms with Gasteiger partial charge in [0.25, 0.3) is 0 Å². The van der Waals surface area contributed by atoms with Crippen molar-refractivity contribution in [3.63, 3.8) is 0 Å². The Labute approximate surface area is 453 Å². The first-order valence-electron chi connectivity index (χ1n) is 30.4. The van der Waals surface area contributed by atoms with E-state index in [1.165, 1.54) is 173 Å². The van der Waals surface area contributed by atoms with Gasteiger partial charge in [-0.05, 0) is 51.4 Å². The van der Waals surface area contributed by atoms with Crippen LogP contribution in [0.5, 0.6) is 0 Å². The van der Waals surface area contributed by atoms with Crippen molar-refractivity contribution in [2.24, 2.45) is 0 Å². The molecule has 4 N–H and O–H groups in total. The van der Waals surface area contributed by atoms with E-state index in [9.17, 15) is 33.1 Å². The lowest BCUT2D eigenvalue weighted by atomic mass is 9.99. The summed E-state index contributed by atoms with van der Waals surface area (Å²) in [6.07, 6.45) is 57.2. The number of unbranched alkanes of at least 4 members (excludes halogenated alkanes) is 33. The minimum Gasteiger partial charge on any atom is -0.457 e. The number of carbonyl (C=O) groups excluding carboxylic acids is 1. The van der Waals surface area contributed by atoms with Crippen LogP contribution in [0, 0.1) is 0 Å². The van der Waals surface area contributed by atoms with Crippen LogP contribution >= 0.6 is 0 Å². The third kappa shape index (κ3) is 44.1. The average Bonchev–Trinajstić information content (AvgIpc) is 3.38. The summed E-state index contributed by atoms with van der Waals surface area (Å²) >= 11 is 0. The minimum atomic E-state index is -5.07. The Balaban J connectivity index is 2.26. The molecule has 434 valence electrons. The van der Waals surface area contributed by atoms with Gasteiger partial charge in [-0.15, -0.1) is 0 Å². The largest absolute Gasteiger partial charge is 0.457 e. The molecule has 74 heavy (non-hydrogen) atoms. The molecule has 6 unspecified atom stereocenters. The molecule has 1 aliphatic rings. The second kappa shape index (κ2) is 51.8. The summed E-state index contributed by atoms with van der Waals surface area (Å²) in [4.78, 5) is 13.0. The highest BCUT2D eigenvalue weighted by Crippen LogP contribution is 2.26. The van der Waals surface area contributed by atoms with Crippen LogP contribution in [0.2, 0.25) is 0 Å². The number of rotatable bonds is 54. The van der Waals surface area contributed by atoms with Gasteiger partial charge < -0.3 is 34.3 Å². The molecule has 12 nitrogen and oxygen atoms in total. The van der Waals surface area contributed by atoms with Gasteiger partial charge in [-0.25, -0.2) is 4.18 Å². The van der Waals surface area contributed by atoms with Crippen LogP contribution in [0.25, 0.3) is 0 Å². The summed E-state index contributed by atoms with van der Waals surface area (Å²) in [5, 5.41) is 30.9. The summed E-state index contributed by atoms with van der Waals surface area (Å²) < 4.78 is 59.5. The van der Waals surface area contributed by atoms with Crippen molar-refractivity contribution in [1.82, 2.24) is 0 Å². The molecule has 0 aromatic heterocycles. The molecular formula is C61H112O12S. The zero-order valence-corrected chi connectivity index (χ0v) is 48.0. The first kappa shape index (κ1) is 70.1. The van der Waals surface area contributed by atoms with Gasteiger partial charge in [0.2, 0.25) is 0 Å². The predicted molar refractivity (Wildman–Crippen MR) is 303 cm³/mol. The van der Waals surface area contributed by atoms with Crippen LogP contribution in [0.1, 0.15) is 271 Å². The fraction of sp³-hybridized carbons (Fsp3) is 0.852. The number of esters is 1. The van der Waals surface area contributed by atoms with Crippen LogP contribution in [0.3, 0.4) is 0 Å². The van der Waals surface area contributed by atoms with Gasteiger partial charge in [0.15, 0.2) is 6.29 Å². The van der Waals surface area contributed by atoms with Gasteiger partial charge in [-0.2, -0.15) is 8.42 Å². The molecule has 0 aliphatic carbocycles. The number of aliphatic hydroxyl groups is 3. The van der Waals surface area contributed by atoms with Crippen LogP contribution < -0.4 is 0 Å². The molecular weight excluding hydrogens is 957 g/mol. The van der Waals surface area contributed by atoms with E-state index < -0.39 is 59.8 Å². The van der Waals surface area contributed by atoms with Crippen LogP contribution in [0.15, 0.2) is 48.6 Å². The van der Waals surface area contributed by atoms with Crippen LogP contribution in [0.4, 0.5) is 0 Å². The molecule has 1 fully saturated rings. The first-order valence-corrected chi connectivity index (χ1v) is 31.8. The zero-order valence-electron chi connectivity index (χ0n) is 47.2. The number of aliphatic hydroxyl groups excluding tert-OH is 3. The second-order valence-corrected chi connectivity index (χ2v) is 22.0. The highest BCUT2D eigenvalue weighted by atomic mass is 32.3. The summed E-state index contributed by atoms with van der Waals surface area (Å²) in [5.41, 5.74) is 0. The lowest BCUT2D eigenvalue weighted by Crippen LogP contribution is -2.60. The predicted octanol–water partition coefficient (Wildman–Crippen LogP) is 15.4. The van der Waals surface area contributed by atoms with E-state index in [-0.39, 0.29) is 19.6 Å². The van der Waals surface area contributed by atoms with E-state index in [0.29, 0.717) is 13.0 Å². The first-order chi connectivity index (χ1) is 36.1. The topological polar surface area (TPSA) is 178 Å². The van der Waals surface area contributed by atoms with Crippen molar-refractivity contribution in [2.45, 2.75) is 307 Å². The quantitative estimate of drug-likeness (QED) is 0.0196. The normalized spacial score (nSPS) is 19.0. The van der Waals surface area contributed by atoms with Gasteiger partial charge in [-0.3, -0.25) is 9.35 Å². The molecule has 0 aromatic carbocycles. The maximum atomic E-state index is 13.0. The molecule has 6 atom stereocenters. The highest BCUT2D eigenvalue weighted by Gasteiger charge is 2.48. The molecule has 0 aromatic rings. The van der Waals surface area contributed by atoms with Crippen molar-refractivity contribution < 1.29 is 56.2 Å². The van der Waals surface area contributed by atoms with Crippen molar-refractivity contribution in [3.05, 3.63) is 48.6 Å². The molecule has 1 aliphatic heterocycles. The van der Waals surface area contributed by atoms with E-state index >= 15 is 0 Å². The fourth-order valence-corrected chi connectivity index (χ4v) is 9.94. The van der Waals surface area contributed by atoms with E-state index in [0.717, 1.165) is 70.6 Å². The summed E-state index contributed by atoms with van der Waals surface area (Å²) in [5.74, 6) is -0.399.